The lowest BCUT2D eigenvalue weighted by Gasteiger charge is -2.23. The normalized spacial score (nSPS) is 12.3. The van der Waals surface area contributed by atoms with E-state index in [-0.39, 0.29) is 25.1 Å². The minimum Gasteiger partial charge on any atom is -0.484 e. The summed E-state index contributed by atoms with van der Waals surface area (Å²) in [4.78, 5) is 11.8. The van der Waals surface area contributed by atoms with Crippen molar-refractivity contribution in [3.05, 3.63) is 59.7 Å². The predicted octanol–water partition coefficient (Wildman–Crippen LogP) is 3.25. The smallest absolute Gasteiger partial charge is 0.258 e. The van der Waals surface area contributed by atoms with Crippen LogP contribution >= 0.6 is 0 Å². The molecule has 0 aliphatic heterocycles. The Bertz CT molecular complexity index is 878. The van der Waals surface area contributed by atoms with E-state index in [1.807, 2.05) is 45.0 Å². The first-order chi connectivity index (χ1) is 13.2. The number of sulfonamides is 1. The number of ether oxygens (including phenoxy) is 1. The van der Waals surface area contributed by atoms with Crippen LogP contribution in [0.15, 0.2) is 48.5 Å². The number of carbonyl (C=O) groups is 1. The van der Waals surface area contributed by atoms with E-state index >= 15 is 0 Å². The second kappa shape index (κ2) is 9.59. The third-order valence-corrected chi connectivity index (χ3v) is 5.50. The van der Waals surface area contributed by atoms with E-state index in [2.05, 4.69) is 5.32 Å². The topological polar surface area (TPSA) is 75.7 Å². The Morgan fingerprint density at radius 2 is 1.71 bits per heavy atom. The van der Waals surface area contributed by atoms with E-state index in [0.29, 0.717) is 11.4 Å². The lowest BCUT2D eigenvalue weighted by atomic mass is 10.1. The Kier molecular flexibility index (Phi) is 7.45. The molecule has 0 radical (unpaired) electrons. The van der Waals surface area contributed by atoms with E-state index in [1.165, 1.54) is 10.6 Å². The highest BCUT2D eigenvalue weighted by Gasteiger charge is 2.18. The molecule has 28 heavy (non-hydrogen) atoms. The van der Waals surface area contributed by atoms with Gasteiger partial charge in [-0.2, -0.15) is 0 Å². The Hall–Kier alpha value is -2.54. The molecular weight excluding hydrogens is 376 g/mol. The summed E-state index contributed by atoms with van der Waals surface area (Å²) < 4.78 is 31.4. The van der Waals surface area contributed by atoms with Gasteiger partial charge in [0.1, 0.15) is 5.75 Å². The molecule has 2 rings (SSSR count). The zero-order chi connectivity index (χ0) is 20.7. The van der Waals surface area contributed by atoms with Crippen LogP contribution in [0.1, 0.15) is 31.4 Å². The fraction of sp³-hybridized carbons (Fsp3) is 0.381. The number of hydrogen-bond acceptors (Lipinski definition) is 4. The fourth-order valence-electron chi connectivity index (χ4n) is 2.54. The standard InChI is InChI=1S/C21H28N2O4S/c1-5-17(3)22-21(24)15-27-20-12-10-19(11-13-20)23(28(4,25)26)14-18-8-6-16(2)7-9-18/h6-13,17H,5,14-15H2,1-4H3,(H,22,24). The maximum Gasteiger partial charge on any atom is 0.258 e. The number of hydrogen-bond donors (Lipinski definition) is 1. The Morgan fingerprint density at radius 1 is 1.11 bits per heavy atom. The van der Waals surface area contributed by atoms with Crippen LogP contribution in [-0.4, -0.2) is 33.2 Å². The number of rotatable bonds is 9. The average Bonchev–Trinajstić information content (AvgIpc) is 2.65. The third kappa shape index (κ3) is 6.56. The van der Waals surface area contributed by atoms with Gasteiger partial charge in [0.15, 0.2) is 6.61 Å². The van der Waals surface area contributed by atoms with Crippen molar-refractivity contribution in [1.82, 2.24) is 5.32 Å². The number of benzene rings is 2. The Labute approximate surface area is 167 Å². The monoisotopic (exact) mass is 404 g/mol. The number of carbonyl (C=O) groups excluding carboxylic acids is 1. The largest absolute Gasteiger partial charge is 0.484 e. The zero-order valence-corrected chi connectivity index (χ0v) is 17.6. The first-order valence-electron chi connectivity index (χ1n) is 9.24. The molecule has 0 aliphatic rings. The molecule has 1 atom stereocenters. The summed E-state index contributed by atoms with van der Waals surface area (Å²) in [5, 5.41) is 2.83. The van der Waals surface area contributed by atoms with Crippen molar-refractivity contribution in [1.29, 1.82) is 0 Å². The van der Waals surface area contributed by atoms with Gasteiger partial charge in [-0.25, -0.2) is 8.42 Å². The second-order valence-electron chi connectivity index (χ2n) is 6.91. The summed E-state index contributed by atoms with van der Waals surface area (Å²) in [6.45, 7) is 6.08. The summed E-state index contributed by atoms with van der Waals surface area (Å²) in [7, 11) is -3.45. The summed E-state index contributed by atoms with van der Waals surface area (Å²) in [6.07, 6.45) is 2.04. The number of nitrogens with one attached hydrogen (secondary N) is 1. The predicted molar refractivity (Wildman–Crippen MR) is 112 cm³/mol. The van der Waals surface area contributed by atoms with Crippen LogP contribution in [0.2, 0.25) is 0 Å². The molecule has 1 unspecified atom stereocenters. The molecule has 1 amide bonds. The highest BCUT2D eigenvalue weighted by molar-refractivity contribution is 7.92. The molecule has 1 N–H and O–H groups in total. The summed E-state index contributed by atoms with van der Waals surface area (Å²) in [5.74, 6) is 0.322. The maximum atomic E-state index is 12.3. The summed E-state index contributed by atoms with van der Waals surface area (Å²) >= 11 is 0. The number of nitrogens with zero attached hydrogens (tertiary/aromatic N) is 1. The molecule has 7 heteroatoms. The third-order valence-electron chi connectivity index (χ3n) is 4.36. The van der Waals surface area contributed by atoms with Gasteiger partial charge < -0.3 is 10.1 Å². The van der Waals surface area contributed by atoms with E-state index in [4.69, 9.17) is 4.74 Å². The van der Waals surface area contributed by atoms with E-state index in [9.17, 15) is 13.2 Å². The molecule has 0 aromatic heterocycles. The van der Waals surface area contributed by atoms with Gasteiger partial charge in [0, 0.05) is 6.04 Å². The van der Waals surface area contributed by atoms with Crippen molar-refractivity contribution in [2.45, 2.75) is 39.8 Å². The molecule has 6 nitrogen and oxygen atoms in total. The van der Waals surface area contributed by atoms with Crippen LogP contribution in [0.25, 0.3) is 0 Å². The SMILES string of the molecule is CCC(C)NC(=O)COc1ccc(N(Cc2ccc(C)cc2)S(C)(=O)=O)cc1. The first-order valence-corrected chi connectivity index (χ1v) is 11.1. The molecule has 2 aromatic rings. The van der Waals surface area contributed by atoms with Crippen LogP contribution < -0.4 is 14.4 Å². The molecule has 0 fully saturated rings. The van der Waals surface area contributed by atoms with Gasteiger partial charge in [0.2, 0.25) is 10.0 Å². The lowest BCUT2D eigenvalue weighted by molar-refractivity contribution is -0.123. The van der Waals surface area contributed by atoms with Gasteiger partial charge in [-0.15, -0.1) is 0 Å². The van der Waals surface area contributed by atoms with Crippen LogP contribution in [0.4, 0.5) is 5.69 Å². The second-order valence-corrected chi connectivity index (χ2v) is 8.82. The molecule has 0 spiro atoms. The van der Waals surface area contributed by atoms with Crippen molar-refractivity contribution in [2.75, 3.05) is 17.2 Å². The Balaban J connectivity index is 2.07. The first kappa shape index (κ1) is 21.8. The molecule has 0 saturated carbocycles. The number of anilines is 1. The Morgan fingerprint density at radius 3 is 2.25 bits per heavy atom. The van der Waals surface area contributed by atoms with Crippen LogP contribution in [-0.2, 0) is 21.4 Å². The molecule has 0 heterocycles. The maximum absolute atomic E-state index is 12.3. The minimum absolute atomic E-state index is 0.0805. The summed E-state index contributed by atoms with van der Waals surface area (Å²) in [5.41, 5.74) is 2.56. The fourth-order valence-corrected chi connectivity index (χ4v) is 3.42. The van der Waals surface area contributed by atoms with Gasteiger partial charge in [-0.1, -0.05) is 36.8 Å². The molecule has 2 aromatic carbocycles. The van der Waals surface area contributed by atoms with Gasteiger partial charge in [0.25, 0.3) is 5.91 Å². The van der Waals surface area contributed by atoms with Gasteiger partial charge in [-0.3, -0.25) is 9.10 Å². The quantitative estimate of drug-likeness (QED) is 0.696. The van der Waals surface area contributed by atoms with Gasteiger partial charge >= 0.3 is 0 Å². The molecular formula is C21H28N2O4S. The minimum atomic E-state index is -3.45. The van der Waals surface area contributed by atoms with E-state index in [1.54, 1.807) is 24.3 Å². The average molecular weight is 405 g/mol. The van der Waals surface area contributed by atoms with Crippen molar-refractivity contribution in [3.8, 4) is 5.75 Å². The van der Waals surface area contributed by atoms with Crippen molar-refractivity contribution >= 4 is 21.6 Å². The number of amides is 1. The van der Waals surface area contributed by atoms with Crippen LogP contribution in [0.5, 0.6) is 5.75 Å². The van der Waals surface area contributed by atoms with Crippen molar-refractivity contribution < 1.29 is 17.9 Å². The van der Waals surface area contributed by atoms with Crippen molar-refractivity contribution in [2.24, 2.45) is 0 Å². The molecule has 0 aliphatic carbocycles. The number of aryl methyl sites for hydroxylation is 1. The summed E-state index contributed by atoms with van der Waals surface area (Å²) in [6, 6.07) is 14.5. The molecule has 0 saturated heterocycles. The van der Waals surface area contributed by atoms with Crippen LogP contribution in [0, 0.1) is 6.92 Å². The zero-order valence-electron chi connectivity index (χ0n) is 16.8. The van der Waals surface area contributed by atoms with E-state index < -0.39 is 10.0 Å². The molecule has 0 bridgehead atoms. The van der Waals surface area contributed by atoms with Crippen LogP contribution in [0.3, 0.4) is 0 Å². The van der Waals surface area contributed by atoms with E-state index in [0.717, 1.165) is 17.5 Å². The highest BCUT2D eigenvalue weighted by Crippen LogP contribution is 2.24. The lowest BCUT2D eigenvalue weighted by Crippen LogP contribution is -2.35. The molecule has 152 valence electrons. The van der Waals surface area contributed by atoms with Gasteiger partial charge in [0.05, 0.1) is 18.5 Å². The van der Waals surface area contributed by atoms with Crippen molar-refractivity contribution in [3.63, 3.8) is 0 Å². The van der Waals surface area contributed by atoms with Gasteiger partial charge in [-0.05, 0) is 50.1 Å². The highest BCUT2D eigenvalue weighted by atomic mass is 32.2.